The Morgan fingerprint density at radius 1 is 1.19 bits per heavy atom. The summed E-state index contributed by atoms with van der Waals surface area (Å²) >= 11 is 0. The van der Waals surface area contributed by atoms with Crippen LogP contribution in [0.2, 0.25) is 0 Å². The fourth-order valence-electron chi connectivity index (χ4n) is 1.10. The maximum Gasteiger partial charge on any atom is 0.342 e. The van der Waals surface area contributed by atoms with Crippen molar-refractivity contribution in [1.29, 1.82) is 0 Å². The number of carbonyl (C=O) groups excluding carboxylic acids is 3. The lowest BCUT2D eigenvalue weighted by atomic mass is 10.1. The van der Waals surface area contributed by atoms with E-state index < -0.39 is 23.6 Å². The average Bonchev–Trinajstić information content (AvgIpc) is 2.71. The minimum absolute atomic E-state index is 0.205. The smallest absolute Gasteiger partial charge is 0.342 e. The van der Waals surface area contributed by atoms with Crippen molar-refractivity contribution < 1.29 is 28.3 Å². The Kier molecular flexibility index (Phi) is 3.29. The number of hydrogen-bond acceptors (Lipinski definition) is 6. The molecule has 16 heavy (non-hydrogen) atoms. The molecule has 7 nitrogen and oxygen atoms in total. The molecule has 0 saturated heterocycles. The molecule has 2 N–H and O–H groups in total. The third-order valence-electron chi connectivity index (χ3n) is 1.81. The monoisotopic (exact) mass is 227 g/mol. The zero-order valence-electron chi connectivity index (χ0n) is 8.60. The van der Waals surface area contributed by atoms with Gasteiger partial charge in [-0.15, -0.1) is 0 Å². The number of carbonyl (C=O) groups is 3. The molecule has 0 aliphatic rings. The molecule has 1 aromatic rings. The van der Waals surface area contributed by atoms with Crippen LogP contribution in [0.5, 0.6) is 0 Å². The van der Waals surface area contributed by atoms with E-state index in [1.54, 1.807) is 0 Å². The molecule has 0 aliphatic carbocycles. The van der Waals surface area contributed by atoms with E-state index in [2.05, 4.69) is 9.47 Å². The molecule has 1 amide bonds. The van der Waals surface area contributed by atoms with Crippen LogP contribution in [0, 0.1) is 0 Å². The second-order valence-corrected chi connectivity index (χ2v) is 2.70. The largest absolute Gasteiger partial charge is 0.465 e. The Morgan fingerprint density at radius 2 is 1.75 bits per heavy atom. The molecule has 86 valence electrons. The number of rotatable bonds is 3. The van der Waals surface area contributed by atoms with Crippen molar-refractivity contribution in [1.82, 2.24) is 0 Å². The van der Waals surface area contributed by atoms with E-state index in [1.807, 2.05) is 0 Å². The molecule has 0 aliphatic heterocycles. The van der Waals surface area contributed by atoms with Crippen molar-refractivity contribution in [2.45, 2.75) is 0 Å². The van der Waals surface area contributed by atoms with Crippen molar-refractivity contribution in [3.63, 3.8) is 0 Å². The van der Waals surface area contributed by atoms with Gasteiger partial charge < -0.3 is 19.6 Å². The highest BCUT2D eigenvalue weighted by molar-refractivity contribution is 6.10. The van der Waals surface area contributed by atoms with Crippen molar-refractivity contribution in [3.8, 4) is 0 Å². The summed E-state index contributed by atoms with van der Waals surface area (Å²) in [4.78, 5) is 33.5. The summed E-state index contributed by atoms with van der Waals surface area (Å²) in [7, 11) is 2.22. The lowest BCUT2D eigenvalue weighted by Crippen LogP contribution is -2.17. The predicted octanol–water partition coefficient (Wildman–Crippen LogP) is -0.0483. The number of furan rings is 1. The Balaban J connectivity index is 3.36. The van der Waals surface area contributed by atoms with Crippen LogP contribution in [0.3, 0.4) is 0 Å². The van der Waals surface area contributed by atoms with Crippen molar-refractivity contribution in [2.24, 2.45) is 5.73 Å². The zero-order chi connectivity index (χ0) is 12.3. The predicted molar refractivity (Wildman–Crippen MR) is 49.9 cm³/mol. The highest BCUT2D eigenvalue weighted by atomic mass is 16.5. The van der Waals surface area contributed by atoms with Crippen LogP contribution in [0.25, 0.3) is 0 Å². The summed E-state index contributed by atoms with van der Waals surface area (Å²) in [6, 6.07) is 0. The third-order valence-corrected chi connectivity index (χ3v) is 1.81. The van der Waals surface area contributed by atoms with Gasteiger partial charge in [-0.05, 0) is 0 Å². The van der Waals surface area contributed by atoms with Gasteiger partial charge in [-0.25, -0.2) is 9.59 Å². The Hall–Kier alpha value is -2.31. The summed E-state index contributed by atoms with van der Waals surface area (Å²) in [5.74, 6) is -3.14. The molecule has 0 spiro atoms. The number of amides is 1. The van der Waals surface area contributed by atoms with Crippen LogP contribution in [0.1, 0.15) is 31.3 Å². The van der Waals surface area contributed by atoms with E-state index in [0.717, 1.165) is 20.5 Å². The number of ether oxygens (including phenoxy) is 2. The molecular formula is C9H9NO6. The summed E-state index contributed by atoms with van der Waals surface area (Å²) in [5.41, 5.74) is 4.43. The first-order valence-electron chi connectivity index (χ1n) is 4.10. The molecule has 0 radical (unpaired) electrons. The lowest BCUT2D eigenvalue weighted by Gasteiger charge is -2.00. The highest BCUT2D eigenvalue weighted by Crippen LogP contribution is 2.19. The average molecular weight is 227 g/mol. The standard InChI is InChI=1S/C9H9NO6/c1-14-8(12)4-3-16-6(7(10)11)5(4)9(13)15-2/h3H,1-2H3,(H2,10,11). The molecule has 0 aromatic carbocycles. The van der Waals surface area contributed by atoms with Crippen LogP contribution in [-0.2, 0) is 9.47 Å². The number of methoxy groups -OCH3 is 2. The van der Waals surface area contributed by atoms with Gasteiger partial charge in [-0.3, -0.25) is 4.79 Å². The first kappa shape index (κ1) is 11.8. The molecule has 1 rings (SSSR count). The molecule has 1 heterocycles. The van der Waals surface area contributed by atoms with Crippen molar-refractivity contribution in [2.75, 3.05) is 14.2 Å². The second-order valence-electron chi connectivity index (χ2n) is 2.70. The summed E-state index contributed by atoms with van der Waals surface area (Å²) < 4.78 is 13.5. The first-order chi connectivity index (χ1) is 7.52. The molecule has 1 aromatic heterocycles. The summed E-state index contributed by atoms with van der Waals surface area (Å²) in [6.07, 6.45) is 0.915. The van der Waals surface area contributed by atoms with Crippen LogP contribution >= 0.6 is 0 Å². The molecule has 0 atom stereocenters. The van der Waals surface area contributed by atoms with Gasteiger partial charge in [0.2, 0.25) is 5.76 Å². The zero-order valence-corrected chi connectivity index (χ0v) is 8.60. The van der Waals surface area contributed by atoms with Crippen molar-refractivity contribution in [3.05, 3.63) is 23.2 Å². The molecule has 0 bridgehead atoms. The van der Waals surface area contributed by atoms with Crippen LogP contribution in [0.15, 0.2) is 10.7 Å². The van der Waals surface area contributed by atoms with Gasteiger partial charge in [-0.1, -0.05) is 0 Å². The van der Waals surface area contributed by atoms with Gasteiger partial charge in [0.05, 0.1) is 14.2 Å². The van der Waals surface area contributed by atoms with E-state index >= 15 is 0 Å². The van der Waals surface area contributed by atoms with Crippen molar-refractivity contribution >= 4 is 17.8 Å². The molecule has 0 saturated carbocycles. The first-order valence-corrected chi connectivity index (χ1v) is 4.10. The second kappa shape index (κ2) is 4.47. The number of hydrogen-bond donors (Lipinski definition) is 1. The SMILES string of the molecule is COC(=O)c1coc(C(N)=O)c1C(=O)OC. The minimum Gasteiger partial charge on any atom is -0.465 e. The number of esters is 2. The van der Waals surface area contributed by atoms with E-state index in [4.69, 9.17) is 10.2 Å². The molecular weight excluding hydrogens is 218 g/mol. The quantitative estimate of drug-likeness (QED) is 0.725. The van der Waals surface area contributed by atoms with Gasteiger partial charge in [0.25, 0.3) is 5.91 Å². The van der Waals surface area contributed by atoms with E-state index in [1.165, 1.54) is 0 Å². The van der Waals surface area contributed by atoms with Crippen LogP contribution < -0.4 is 5.73 Å². The number of primary amides is 1. The Bertz CT molecular complexity index is 447. The third kappa shape index (κ3) is 1.88. The van der Waals surface area contributed by atoms with E-state index in [-0.39, 0.29) is 11.1 Å². The van der Waals surface area contributed by atoms with Gasteiger partial charge >= 0.3 is 11.9 Å². The lowest BCUT2D eigenvalue weighted by molar-refractivity contribution is 0.0555. The normalized spacial score (nSPS) is 9.62. The summed E-state index contributed by atoms with van der Waals surface area (Å²) in [6.45, 7) is 0. The summed E-state index contributed by atoms with van der Waals surface area (Å²) in [5, 5.41) is 0. The van der Waals surface area contributed by atoms with Gasteiger partial charge in [-0.2, -0.15) is 0 Å². The molecule has 7 heteroatoms. The topological polar surface area (TPSA) is 109 Å². The fourth-order valence-corrected chi connectivity index (χ4v) is 1.10. The van der Waals surface area contributed by atoms with E-state index in [9.17, 15) is 14.4 Å². The molecule has 0 fully saturated rings. The Morgan fingerprint density at radius 3 is 2.19 bits per heavy atom. The highest BCUT2D eigenvalue weighted by Gasteiger charge is 2.28. The maximum atomic E-state index is 11.3. The van der Waals surface area contributed by atoms with Gasteiger partial charge in [0, 0.05) is 0 Å². The van der Waals surface area contributed by atoms with Crippen LogP contribution in [0.4, 0.5) is 0 Å². The number of nitrogens with two attached hydrogens (primary N) is 1. The Labute approximate surface area is 90.1 Å². The fraction of sp³-hybridized carbons (Fsp3) is 0.222. The van der Waals surface area contributed by atoms with Gasteiger partial charge in [0.1, 0.15) is 17.4 Å². The molecule has 0 unspecified atom stereocenters. The van der Waals surface area contributed by atoms with E-state index in [0.29, 0.717) is 0 Å². The maximum absolute atomic E-state index is 11.3. The van der Waals surface area contributed by atoms with Crippen LogP contribution in [-0.4, -0.2) is 32.1 Å². The minimum atomic E-state index is -0.976. The van der Waals surface area contributed by atoms with Gasteiger partial charge in [0.15, 0.2) is 0 Å².